The lowest BCUT2D eigenvalue weighted by atomic mass is 10.1. The Balaban J connectivity index is 1.98. The van der Waals surface area contributed by atoms with Crippen molar-refractivity contribution in [1.82, 2.24) is 10.2 Å². The molecule has 2 N–H and O–H groups in total. The maximum Gasteiger partial charge on any atom is 0.325 e. The van der Waals surface area contributed by atoms with Crippen molar-refractivity contribution in [1.29, 1.82) is 0 Å². The average Bonchev–Trinajstić information content (AvgIpc) is 2.90. The van der Waals surface area contributed by atoms with Crippen LogP contribution in [0.1, 0.15) is 18.6 Å². The molecule has 0 unspecified atom stereocenters. The van der Waals surface area contributed by atoms with Crippen LogP contribution in [0.25, 0.3) is 0 Å². The minimum atomic E-state index is -0.999. The largest absolute Gasteiger partial charge is 0.481 e. The number of carboxylic acid groups (broad SMARTS) is 1. The summed E-state index contributed by atoms with van der Waals surface area (Å²) < 4.78 is 5.06. The van der Waals surface area contributed by atoms with Gasteiger partial charge in [0.15, 0.2) is 0 Å². The minimum Gasteiger partial charge on any atom is -0.481 e. The van der Waals surface area contributed by atoms with Crippen molar-refractivity contribution in [3.05, 3.63) is 24.2 Å². The van der Waals surface area contributed by atoms with Crippen molar-refractivity contribution in [2.75, 3.05) is 0 Å². The first-order chi connectivity index (χ1) is 8.58. The predicted molar refractivity (Wildman–Crippen MR) is 58.4 cm³/mol. The highest BCUT2D eigenvalue weighted by atomic mass is 16.4. The molecule has 1 saturated heterocycles. The Kier molecular flexibility index (Phi) is 3.31. The first kappa shape index (κ1) is 12.2. The van der Waals surface area contributed by atoms with E-state index in [0.29, 0.717) is 5.76 Å². The van der Waals surface area contributed by atoms with E-state index in [1.54, 1.807) is 12.1 Å². The fourth-order valence-electron chi connectivity index (χ4n) is 1.75. The van der Waals surface area contributed by atoms with Crippen LogP contribution in [-0.2, 0) is 16.1 Å². The van der Waals surface area contributed by atoms with Gasteiger partial charge in [-0.3, -0.25) is 14.5 Å². The number of nitrogens with zero attached hydrogens (tertiary/aromatic N) is 1. The number of carbonyl (C=O) groups is 3. The molecule has 1 aliphatic rings. The molecule has 0 aromatic carbocycles. The standard InChI is InChI=1S/C11H12N2O5/c14-9(15)4-3-8-10(16)13(11(17)12-8)6-7-2-1-5-18-7/h1-2,5,8H,3-4,6H2,(H,12,17)(H,14,15)/t8-/m0/s1. The van der Waals surface area contributed by atoms with Crippen LogP contribution in [0.2, 0.25) is 0 Å². The van der Waals surface area contributed by atoms with Crippen molar-refractivity contribution < 1.29 is 23.9 Å². The molecule has 7 heteroatoms. The fraction of sp³-hybridized carbons (Fsp3) is 0.364. The van der Waals surface area contributed by atoms with Crippen LogP contribution in [0, 0.1) is 0 Å². The molecular weight excluding hydrogens is 240 g/mol. The summed E-state index contributed by atoms with van der Waals surface area (Å²) >= 11 is 0. The zero-order chi connectivity index (χ0) is 13.1. The number of carboxylic acids is 1. The van der Waals surface area contributed by atoms with Gasteiger partial charge in [0.05, 0.1) is 12.8 Å². The SMILES string of the molecule is O=C(O)CC[C@@H]1NC(=O)N(Cc2ccco2)C1=O. The Morgan fingerprint density at radius 2 is 2.28 bits per heavy atom. The van der Waals surface area contributed by atoms with Crippen LogP contribution in [-0.4, -0.2) is 34.0 Å². The molecule has 2 heterocycles. The van der Waals surface area contributed by atoms with Crippen molar-refractivity contribution in [3.63, 3.8) is 0 Å². The Morgan fingerprint density at radius 3 is 2.89 bits per heavy atom. The number of nitrogens with one attached hydrogen (secondary N) is 1. The third kappa shape index (κ3) is 2.50. The number of carbonyl (C=O) groups excluding carboxylic acids is 2. The highest BCUT2D eigenvalue weighted by Gasteiger charge is 2.38. The van der Waals surface area contributed by atoms with E-state index < -0.39 is 23.9 Å². The Labute approximate surface area is 102 Å². The lowest BCUT2D eigenvalue weighted by Gasteiger charge is -2.10. The number of aliphatic carboxylic acids is 1. The zero-order valence-corrected chi connectivity index (χ0v) is 9.46. The van der Waals surface area contributed by atoms with Gasteiger partial charge >= 0.3 is 12.0 Å². The number of hydrogen-bond donors (Lipinski definition) is 2. The van der Waals surface area contributed by atoms with E-state index in [0.717, 1.165) is 4.90 Å². The molecule has 1 aromatic heterocycles. The molecule has 1 aromatic rings. The molecule has 0 aliphatic carbocycles. The third-order valence-corrected chi connectivity index (χ3v) is 2.65. The number of hydrogen-bond acceptors (Lipinski definition) is 4. The van der Waals surface area contributed by atoms with E-state index in [2.05, 4.69) is 5.32 Å². The average molecular weight is 252 g/mol. The van der Waals surface area contributed by atoms with Crippen molar-refractivity contribution >= 4 is 17.9 Å². The van der Waals surface area contributed by atoms with E-state index in [-0.39, 0.29) is 19.4 Å². The first-order valence-corrected chi connectivity index (χ1v) is 5.44. The van der Waals surface area contributed by atoms with Crippen molar-refractivity contribution in [2.24, 2.45) is 0 Å². The van der Waals surface area contributed by atoms with Crippen LogP contribution in [0.5, 0.6) is 0 Å². The topological polar surface area (TPSA) is 99.8 Å². The monoisotopic (exact) mass is 252 g/mol. The zero-order valence-electron chi connectivity index (χ0n) is 9.46. The molecule has 1 fully saturated rings. The van der Waals surface area contributed by atoms with E-state index >= 15 is 0 Å². The summed E-state index contributed by atoms with van der Waals surface area (Å²) in [6, 6.07) is 2.04. The second kappa shape index (κ2) is 4.91. The van der Waals surface area contributed by atoms with Crippen LogP contribution in [0.3, 0.4) is 0 Å². The van der Waals surface area contributed by atoms with Gasteiger partial charge in [0.25, 0.3) is 5.91 Å². The van der Waals surface area contributed by atoms with E-state index in [4.69, 9.17) is 9.52 Å². The number of furan rings is 1. The Hall–Kier alpha value is -2.31. The van der Waals surface area contributed by atoms with Gasteiger partial charge in [-0.25, -0.2) is 4.79 Å². The second-order valence-electron chi connectivity index (χ2n) is 3.94. The van der Waals surface area contributed by atoms with Gasteiger partial charge in [-0.2, -0.15) is 0 Å². The molecule has 1 aliphatic heterocycles. The summed E-state index contributed by atoms with van der Waals surface area (Å²) in [4.78, 5) is 34.9. The maximum atomic E-state index is 11.9. The minimum absolute atomic E-state index is 0.0568. The van der Waals surface area contributed by atoms with Gasteiger partial charge in [-0.15, -0.1) is 0 Å². The first-order valence-electron chi connectivity index (χ1n) is 5.44. The van der Waals surface area contributed by atoms with Gasteiger partial charge in [0.1, 0.15) is 11.8 Å². The molecule has 1 atom stereocenters. The molecule has 0 radical (unpaired) electrons. The lowest BCUT2D eigenvalue weighted by Crippen LogP contribution is -2.31. The fourth-order valence-corrected chi connectivity index (χ4v) is 1.75. The number of urea groups is 1. The smallest absolute Gasteiger partial charge is 0.325 e. The van der Waals surface area contributed by atoms with Crippen molar-refractivity contribution in [2.45, 2.75) is 25.4 Å². The molecule has 18 heavy (non-hydrogen) atoms. The molecule has 0 spiro atoms. The highest BCUT2D eigenvalue weighted by molar-refractivity contribution is 6.04. The maximum absolute atomic E-state index is 11.9. The van der Waals surface area contributed by atoms with Gasteiger partial charge in [0.2, 0.25) is 0 Å². The van der Waals surface area contributed by atoms with Crippen LogP contribution in [0.4, 0.5) is 4.79 Å². The molecule has 3 amide bonds. The summed E-state index contributed by atoms with van der Waals surface area (Å²) in [5.74, 6) is -0.920. The summed E-state index contributed by atoms with van der Waals surface area (Å²) in [6.07, 6.45) is 1.38. The van der Waals surface area contributed by atoms with Gasteiger partial charge in [0, 0.05) is 6.42 Å². The second-order valence-corrected chi connectivity index (χ2v) is 3.94. The molecule has 7 nitrogen and oxygen atoms in total. The molecule has 96 valence electrons. The van der Waals surface area contributed by atoms with Gasteiger partial charge < -0.3 is 14.8 Å². The summed E-state index contributed by atoms with van der Waals surface area (Å²) in [5.41, 5.74) is 0. The molecule has 0 bridgehead atoms. The predicted octanol–water partition coefficient (Wildman–Crippen LogP) is 0.565. The summed E-state index contributed by atoms with van der Waals surface area (Å²) in [5, 5.41) is 11.0. The number of rotatable bonds is 5. The molecule has 2 rings (SSSR count). The number of imide groups is 1. The molecular formula is C11H12N2O5. The van der Waals surface area contributed by atoms with E-state index in [1.165, 1.54) is 6.26 Å². The third-order valence-electron chi connectivity index (χ3n) is 2.65. The van der Waals surface area contributed by atoms with E-state index in [9.17, 15) is 14.4 Å². The van der Waals surface area contributed by atoms with Gasteiger partial charge in [-0.05, 0) is 18.6 Å². The highest BCUT2D eigenvalue weighted by Crippen LogP contribution is 2.15. The Bertz CT molecular complexity index is 468. The molecule has 0 saturated carbocycles. The normalized spacial score (nSPS) is 19.1. The van der Waals surface area contributed by atoms with Crippen LogP contribution in [0.15, 0.2) is 22.8 Å². The van der Waals surface area contributed by atoms with Crippen LogP contribution < -0.4 is 5.32 Å². The quantitative estimate of drug-likeness (QED) is 0.746. The number of amides is 3. The lowest BCUT2D eigenvalue weighted by molar-refractivity contribution is -0.137. The van der Waals surface area contributed by atoms with Crippen molar-refractivity contribution in [3.8, 4) is 0 Å². The van der Waals surface area contributed by atoms with Gasteiger partial charge in [-0.1, -0.05) is 0 Å². The van der Waals surface area contributed by atoms with Crippen LogP contribution >= 0.6 is 0 Å². The van der Waals surface area contributed by atoms with E-state index in [1.807, 2.05) is 0 Å². The summed E-state index contributed by atoms with van der Waals surface area (Å²) in [7, 11) is 0. The Morgan fingerprint density at radius 1 is 1.50 bits per heavy atom. The summed E-state index contributed by atoms with van der Waals surface area (Å²) in [6.45, 7) is 0.0568.